The number of nitrogens with zero attached hydrogens (tertiary/aromatic N) is 1. The molecular formula is C12H12ClNOS. The molecule has 16 heavy (non-hydrogen) atoms. The van der Waals surface area contributed by atoms with Crippen LogP contribution in [0, 0.1) is 6.92 Å². The topological polar surface area (TPSA) is 33.1 Å². The Morgan fingerprint density at radius 1 is 1.38 bits per heavy atom. The lowest BCUT2D eigenvalue weighted by Crippen LogP contribution is -2.01. The zero-order valence-corrected chi connectivity index (χ0v) is 10.4. The molecule has 0 saturated heterocycles. The van der Waals surface area contributed by atoms with Gasteiger partial charge in [-0.25, -0.2) is 4.98 Å². The largest absolute Gasteiger partial charge is 0.388 e. The van der Waals surface area contributed by atoms with Crippen LogP contribution in [0.4, 0.5) is 0 Å². The molecule has 0 amide bonds. The first-order valence-electron chi connectivity index (χ1n) is 4.99. The molecule has 0 spiro atoms. The van der Waals surface area contributed by atoms with E-state index in [0.29, 0.717) is 11.4 Å². The zero-order chi connectivity index (χ0) is 11.5. The first-order chi connectivity index (χ1) is 7.65. The van der Waals surface area contributed by atoms with Gasteiger partial charge in [0.15, 0.2) is 0 Å². The molecule has 0 aliphatic rings. The second-order valence-electron chi connectivity index (χ2n) is 3.63. The van der Waals surface area contributed by atoms with Crippen molar-refractivity contribution in [2.75, 3.05) is 0 Å². The minimum absolute atomic E-state index is 0.515. The predicted octanol–water partition coefficient (Wildman–Crippen LogP) is 3.38. The maximum Gasteiger partial charge on any atom is 0.0897 e. The van der Waals surface area contributed by atoms with E-state index in [9.17, 15) is 5.11 Å². The molecule has 0 aliphatic heterocycles. The fraction of sp³-hybridized carbons (Fsp3) is 0.250. The Labute approximate surface area is 104 Å². The van der Waals surface area contributed by atoms with Crippen LogP contribution in [-0.4, -0.2) is 10.1 Å². The third-order valence-corrected chi connectivity index (χ3v) is 3.40. The summed E-state index contributed by atoms with van der Waals surface area (Å²) in [4.78, 5) is 4.33. The van der Waals surface area contributed by atoms with Gasteiger partial charge >= 0.3 is 0 Å². The van der Waals surface area contributed by atoms with Gasteiger partial charge in [0.2, 0.25) is 0 Å². The van der Waals surface area contributed by atoms with Crippen molar-refractivity contribution in [3.63, 3.8) is 0 Å². The van der Waals surface area contributed by atoms with Gasteiger partial charge in [-0.05, 0) is 24.6 Å². The molecule has 2 nitrogen and oxygen atoms in total. The van der Waals surface area contributed by atoms with Crippen LogP contribution in [0.5, 0.6) is 0 Å². The molecule has 1 aromatic heterocycles. The van der Waals surface area contributed by atoms with Crippen LogP contribution in [0.1, 0.15) is 22.4 Å². The van der Waals surface area contributed by atoms with Gasteiger partial charge in [-0.1, -0.05) is 23.7 Å². The van der Waals surface area contributed by atoms with Crippen molar-refractivity contribution in [3.05, 3.63) is 50.9 Å². The lowest BCUT2D eigenvalue weighted by atomic mass is 10.1. The monoisotopic (exact) mass is 253 g/mol. The molecule has 2 aromatic rings. The highest BCUT2D eigenvalue weighted by Gasteiger charge is 2.10. The van der Waals surface area contributed by atoms with Gasteiger partial charge in [-0.3, -0.25) is 0 Å². The summed E-state index contributed by atoms with van der Waals surface area (Å²) in [6.45, 7) is 1.96. The molecule has 0 aliphatic carbocycles. The molecule has 0 saturated carbocycles. The summed E-state index contributed by atoms with van der Waals surface area (Å²) in [6.07, 6.45) is 0.0326. The first kappa shape index (κ1) is 11.6. The average Bonchev–Trinajstić information content (AvgIpc) is 2.65. The number of hydrogen-bond donors (Lipinski definition) is 1. The molecule has 1 heterocycles. The van der Waals surface area contributed by atoms with E-state index in [0.717, 1.165) is 16.3 Å². The van der Waals surface area contributed by atoms with E-state index < -0.39 is 6.10 Å². The van der Waals surface area contributed by atoms with Gasteiger partial charge in [-0.2, -0.15) is 0 Å². The standard InChI is InChI=1S/C12H12ClNOS/c1-8-14-11(7-16-8)6-12(15)9-2-4-10(13)5-3-9/h2-5,7,12,15H,6H2,1H3. The fourth-order valence-corrected chi connectivity index (χ4v) is 2.25. The third kappa shape index (κ3) is 2.82. The molecule has 0 radical (unpaired) electrons. The van der Waals surface area contributed by atoms with E-state index in [2.05, 4.69) is 4.98 Å². The summed E-state index contributed by atoms with van der Waals surface area (Å²) < 4.78 is 0. The molecule has 84 valence electrons. The van der Waals surface area contributed by atoms with E-state index >= 15 is 0 Å². The van der Waals surface area contributed by atoms with Crippen LogP contribution >= 0.6 is 22.9 Å². The van der Waals surface area contributed by atoms with Crippen molar-refractivity contribution < 1.29 is 5.11 Å². The van der Waals surface area contributed by atoms with Crippen LogP contribution in [0.3, 0.4) is 0 Å². The number of aryl methyl sites for hydroxylation is 1. The molecule has 2 rings (SSSR count). The highest BCUT2D eigenvalue weighted by atomic mass is 35.5. The van der Waals surface area contributed by atoms with Crippen molar-refractivity contribution in [3.8, 4) is 0 Å². The molecule has 0 fully saturated rings. The van der Waals surface area contributed by atoms with Crippen LogP contribution in [0.2, 0.25) is 5.02 Å². The lowest BCUT2D eigenvalue weighted by Gasteiger charge is -2.09. The number of aliphatic hydroxyl groups excluding tert-OH is 1. The summed E-state index contributed by atoms with van der Waals surface area (Å²) in [7, 11) is 0. The van der Waals surface area contributed by atoms with Crippen LogP contribution in [-0.2, 0) is 6.42 Å². The SMILES string of the molecule is Cc1nc(CC(O)c2ccc(Cl)cc2)cs1. The molecule has 4 heteroatoms. The molecule has 1 N–H and O–H groups in total. The smallest absolute Gasteiger partial charge is 0.0897 e. The van der Waals surface area contributed by atoms with E-state index in [1.165, 1.54) is 0 Å². The number of rotatable bonds is 3. The summed E-state index contributed by atoms with van der Waals surface area (Å²) in [5.41, 5.74) is 1.81. The minimum atomic E-state index is -0.515. The average molecular weight is 254 g/mol. The highest BCUT2D eigenvalue weighted by molar-refractivity contribution is 7.09. The Hall–Kier alpha value is -0.900. The van der Waals surface area contributed by atoms with Gasteiger partial charge in [-0.15, -0.1) is 11.3 Å². The van der Waals surface area contributed by atoms with Crippen LogP contribution in [0.25, 0.3) is 0 Å². The maximum atomic E-state index is 10.00. The van der Waals surface area contributed by atoms with Gasteiger partial charge in [0, 0.05) is 16.8 Å². The van der Waals surface area contributed by atoms with Crippen molar-refractivity contribution in [1.82, 2.24) is 4.98 Å². The highest BCUT2D eigenvalue weighted by Crippen LogP contribution is 2.21. The fourth-order valence-electron chi connectivity index (χ4n) is 1.50. The Morgan fingerprint density at radius 2 is 2.06 bits per heavy atom. The number of aromatic nitrogens is 1. The van der Waals surface area contributed by atoms with Crippen LogP contribution < -0.4 is 0 Å². The minimum Gasteiger partial charge on any atom is -0.388 e. The van der Waals surface area contributed by atoms with Crippen molar-refractivity contribution in [1.29, 1.82) is 0 Å². The summed E-state index contributed by atoms with van der Waals surface area (Å²) >= 11 is 7.39. The molecular weight excluding hydrogens is 242 g/mol. The zero-order valence-electron chi connectivity index (χ0n) is 8.85. The van der Waals surface area contributed by atoms with Crippen molar-refractivity contribution >= 4 is 22.9 Å². The summed E-state index contributed by atoms with van der Waals surface area (Å²) in [5, 5.41) is 13.7. The second-order valence-corrected chi connectivity index (χ2v) is 5.13. The van der Waals surface area contributed by atoms with E-state index in [1.807, 2.05) is 24.4 Å². The summed E-state index contributed by atoms with van der Waals surface area (Å²) in [6, 6.07) is 7.25. The molecule has 0 bridgehead atoms. The number of aliphatic hydroxyl groups is 1. The third-order valence-electron chi connectivity index (χ3n) is 2.32. The van der Waals surface area contributed by atoms with Crippen molar-refractivity contribution in [2.24, 2.45) is 0 Å². The van der Waals surface area contributed by atoms with Gasteiger partial charge in [0.25, 0.3) is 0 Å². The Morgan fingerprint density at radius 3 is 2.62 bits per heavy atom. The number of hydrogen-bond acceptors (Lipinski definition) is 3. The maximum absolute atomic E-state index is 10.00. The molecule has 1 aromatic carbocycles. The Kier molecular flexibility index (Phi) is 3.59. The van der Waals surface area contributed by atoms with E-state index in [1.54, 1.807) is 23.5 Å². The van der Waals surface area contributed by atoms with Crippen molar-refractivity contribution in [2.45, 2.75) is 19.4 Å². The summed E-state index contributed by atoms with van der Waals surface area (Å²) in [5.74, 6) is 0. The van der Waals surface area contributed by atoms with E-state index in [-0.39, 0.29) is 0 Å². The second kappa shape index (κ2) is 4.95. The Balaban J connectivity index is 2.08. The Bertz CT molecular complexity index is 466. The first-order valence-corrected chi connectivity index (χ1v) is 6.25. The molecule has 1 atom stereocenters. The van der Waals surface area contributed by atoms with E-state index in [4.69, 9.17) is 11.6 Å². The number of benzene rings is 1. The number of thiazole rings is 1. The van der Waals surface area contributed by atoms with Crippen LogP contribution in [0.15, 0.2) is 29.6 Å². The quantitative estimate of drug-likeness (QED) is 0.910. The molecule has 1 unspecified atom stereocenters. The number of halogens is 1. The van der Waals surface area contributed by atoms with Gasteiger partial charge in [0.1, 0.15) is 0 Å². The predicted molar refractivity (Wildman–Crippen MR) is 67.0 cm³/mol. The normalized spacial score (nSPS) is 12.7. The van der Waals surface area contributed by atoms with Gasteiger partial charge in [0.05, 0.1) is 16.8 Å². The van der Waals surface area contributed by atoms with Gasteiger partial charge < -0.3 is 5.11 Å². The lowest BCUT2D eigenvalue weighted by molar-refractivity contribution is 0.177.